The van der Waals surface area contributed by atoms with Gasteiger partial charge in [-0.3, -0.25) is 0 Å². The van der Waals surface area contributed by atoms with Gasteiger partial charge in [0.05, 0.1) is 27.4 Å². The molecule has 0 fully saturated rings. The maximum absolute atomic E-state index is 12.5. The quantitative estimate of drug-likeness (QED) is 0.238. The number of alkyl halides is 3. The summed E-state index contributed by atoms with van der Waals surface area (Å²) in [5.74, 6) is 1.14. The SMILES string of the molecule is FC(F)(F)c1ccc(OCCCOc2c(Cl)cc(OCC=C(Cl)Cl)cc2I)nc1. The normalized spacial score (nSPS) is 11.1. The predicted molar refractivity (Wildman–Crippen MR) is 114 cm³/mol. The van der Waals surface area contributed by atoms with Crippen molar-refractivity contribution in [1.29, 1.82) is 0 Å². The summed E-state index contributed by atoms with van der Waals surface area (Å²) in [7, 11) is 0. The molecule has 29 heavy (non-hydrogen) atoms. The van der Waals surface area contributed by atoms with Gasteiger partial charge in [0, 0.05) is 24.8 Å². The van der Waals surface area contributed by atoms with Crippen molar-refractivity contribution in [3.8, 4) is 17.4 Å². The molecule has 0 aliphatic heterocycles. The molecule has 0 radical (unpaired) electrons. The van der Waals surface area contributed by atoms with E-state index in [9.17, 15) is 13.2 Å². The van der Waals surface area contributed by atoms with E-state index in [-0.39, 0.29) is 23.6 Å². The fourth-order valence-electron chi connectivity index (χ4n) is 2.00. The Morgan fingerprint density at radius 3 is 2.41 bits per heavy atom. The monoisotopic (exact) mass is 581 g/mol. The second-order valence-corrected chi connectivity index (χ2v) is 8.03. The van der Waals surface area contributed by atoms with E-state index in [1.807, 2.05) is 0 Å². The standard InChI is InChI=1S/C18H14Cl3F3INO3/c19-13-8-12(27-7-4-15(20)21)9-14(25)17(13)29-6-1-5-28-16-3-2-11(10-26-16)18(22,23)24/h2-4,8-10H,1,5-7H2. The Labute approximate surface area is 194 Å². The summed E-state index contributed by atoms with van der Waals surface area (Å²) in [4.78, 5) is 3.63. The molecule has 0 aliphatic carbocycles. The highest BCUT2D eigenvalue weighted by atomic mass is 127. The average Bonchev–Trinajstić information content (AvgIpc) is 2.62. The summed E-state index contributed by atoms with van der Waals surface area (Å²) >= 11 is 19.3. The molecular formula is C18H14Cl3F3INO3. The van der Waals surface area contributed by atoms with Gasteiger partial charge >= 0.3 is 6.18 Å². The van der Waals surface area contributed by atoms with Crippen molar-refractivity contribution < 1.29 is 27.4 Å². The van der Waals surface area contributed by atoms with Crippen molar-refractivity contribution in [2.75, 3.05) is 19.8 Å². The van der Waals surface area contributed by atoms with E-state index in [1.54, 1.807) is 12.1 Å². The number of nitrogens with zero attached hydrogens (tertiary/aromatic N) is 1. The summed E-state index contributed by atoms with van der Waals surface area (Å²) in [6, 6.07) is 5.45. The number of halogens is 7. The second-order valence-electron chi connectivity index (χ2n) is 5.45. The second kappa shape index (κ2) is 11.3. The number of ether oxygens (including phenoxy) is 3. The number of hydrogen-bond acceptors (Lipinski definition) is 4. The molecule has 11 heteroatoms. The lowest BCUT2D eigenvalue weighted by atomic mass is 10.3. The highest BCUT2D eigenvalue weighted by Crippen LogP contribution is 2.34. The van der Waals surface area contributed by atoms with Crippen LogP contribution in [0.2, 0.25) is 5.02 Å². The van der Waals surface area contributed by atoms with E-state index in [1.165, 1.54) is 12.1 Å². The largest absolute Gasteiger partial charge is 0.491 e. The molecule has 158 valence electrons. The van der Waals surface area contributed by atoms with Gasteiger partial charge in [0.2, 0.25) is 5.88 Å². The van der Waals surface area contributed by atoms with E-state index >= 15 is 0 Å². The average molecular weight is 583 g/mol. The summed E-state index contributed by atoms with van der Waals surface area (Å²) in [5, 5.41) is 0.373. The van der Waals surface area contributed by atoms with Crippen LogP contribution in [-0.2, 0) is 6.18 Å². The van der Waals surface area contributed by atoms with Gasteiger partial charge in [-0.05, 0) is 40.8 Å². The third-order valence-corrected chi connectivity index (χ3v) is 4.70. The minimum Gasteiger partial charge on any atom is -0.491 e. The molecule has 1 aromatic heterocycles. The predicted octanol–water partition coefficient (Wildman–Crippen LogP) is 6.90. The molecule has 0 spiro atoms. The fourth-order valence-corrected chi connectivity index (χ4v) is 3.30. The lowest BCUT2D eigenvalue weighted by Crippen LogP contribution is -2.08. The lowest BCUT2D eigenvalue weighted by Gasteiger charge is -2.13. The van der Waals surface area contributed by atoms with Crippen LogP contribution >= 0.6 is 57.4 Å². The minimum atomic E-state index is -4.43. The van der Waals surface area contributed by atoms with E-state index < -0.39 is 11.7 Å². The Kier molecular flexibility index (Phi) is 9.45. The first-order chi connectivity index (χ1) is 13.7. The van der Waals surface area contributed by atoms with Crippen LogP contribution in [0.25, 0.3) is 0 Å². The Balaban J connectivity index is 1.79. The van der Waals surface area contributed by atoms with Gasteiger partial charge in [-0.2, -0.15) is 13.2 Å². The first kappa shape index (κ1) is 24.2. The van der Waals surface area contributed by atoms with Crippen LogP contribution in [0, 0.1) is 3.57 Å². The van der Waals surface area contributed by atoms with Crippen molar-refractivity contribution >= 4 is 57.4 Å². The highest BCUT2D eigenvalue weighted by molar-refractivity contribution is 14.1. The van der Waals surface area contributed by atoms with Crippen LogP contribution in [0.1, 0.15) is 12.0 Å². The van der Waals surface area contributed by atoms with Gasteiger partial charge in [0.15, 0.2) is 5.75 Å². The molecule has 1 aromatic carbocycles. The summed E-state index contributed by atoms with van der Waals surface area (Å²) < 4.78 is 54.8. The van der Waals surface area contributed by atoms with Crippen LogP contribution in [0.4, 0.5) is 13.2 Å². The molecule has 0 amide bonds. The van der Waals surface area contributed by atoms with Crippen LogP contribution in [-0.4, -0.2) is 24.8 Å². The fraction of sp³-hybridized carbons (Fsp3) is 0.278. The first-order valence-corrected chi connectivity index (χ1v) is 10.3. The molecule has 4 nitrogen and oxygen atoms in total. The first-order valence-electron chi connectivity index (χ1n) is 8.08. The smallest absolute Gasteiger partial charge is 0.417 e. The number of hydrogen-bond donors (Lipinski definition) is 0. The molecule has 0 saturated carbocycles. The van der Waals surface area contributed by atoms with Crippen LogP contribution in [0.3, 0.4) is 0 Å². The molecule has 2 aromatic rings. The van der Waals surface area contributed by atoms with Gasteiger partial charge in [-0.15, -0.1) is 0 Å². The molecule has 0 atom stereocenters. The molecule has 0 N–H and O–H groups in total. The van der Waals surface area contributed by atoms with Gasteiger partial charge in [0.25, 0.3) is 0 Å². The van der Waals surface area contributed by atoms with E-state index in [2.05, 4.69) is 27.6 Å². The Hall–Kier alpha value is -1.10. The molecular weight excluding hydrogens is 568 g/mol. The van der Waals surface area contributed by atoms with Gasteiger partial charge in [-0.1, -0.05) is 34.8 Å². The number of pyridine rings is 1. The number of rotatable bonds is 9. The van der Waals surface area contributed by atoms with Gasteiger partial charge in [-0.25, -0.2) is 4.98 Å². The zero-order valence-corrected chi connectivity index (χ0v) is 19.0. The molecule has 2 rings (SSSR count). The maximum Gasteiger partial charge on any atom is 0.417 e. The van der Waals surface area contributed by atoms with Crippen molar-refractivity contribution in [3.63, 3.8) is 0 Å². The Morgan fingerprint density at radius 1 is 1.10 bits per heavy atom. The summed E-state index contributed by atoms with van der Waals surface area (Å²) in [6.07, 6.45) is -1.72. The van der Waals surface area contributed by atoms with E-state index in [0.29, 0.717) is 29.5 Å². The number of aromatic nitrogens is 1. The van der Waals surface area contributed by atoms with E-state index in [4.69, 9.17) is 49.0 Å². The Bertz CT molecular complexity index is 821. The molecule has 1 heterocycles. The molecule has 0 saturated heterocycles. The highest BCUT2D eigenvalue weighted by Gasteiger charge is 2.30. The van der Waals surface area contributed by atoms with Crippen molar-refractivity contribution in [2.45, 2.75) is 12.6 Å². The number of benzene rings is 1. The molecule has 0 aliphatic rings. The topological polar surface area (TPSA) is 40.6 Å². The van der Waals surface area contributed by atoms with Crippen LogP contribution < -0.4 is 14.2 Å². The third-order valence-electron chi connectivity index (χ3n) is 3.31. The van der Waals surface area contributed by atoms with Gasteiger partial charge in [0.1, 0.15) is 16.8 Å². The van der Waals surface area contributed by atoms with Crippen LogP contribution in [0.15, 0.2) is 41.0 Å². The zero-order valence-electron chi connectivity index (χ0n) is 14.6. The van der Waals surface area contributed by atoms with E-state index in [0.717, 1.165) is 15.8 Å². The van der Waals surface area contributed by atoms with Crippen molar-refractivity contribution in [1.82, 2.24) is 4.98 Å². The molecule has 0 unspecified atom stereocenters. The zero-order chi connectivity index (χ0) is 21.4. The molecule has 0 bridgehead atoms. The Morgan fingerprint density at radius 2 is 1.83 bits per heavy atom. The van der Waals surface area contributed by atoms with Crippen molar-refractivity contribution in [2.24, 2.45) is 0 Å². The minimum absolute atomic E-state index is 0.109. The summed E-state index contributed by atoms with van der Waals surface area (Å²) in [6.45, 7) is 0.713. The maximum atomic E-state index is 12.5. The summed E-state index contributed by atoms with van der Waals surface area (Å²) in [5.41, 5.74) is -0.827. The van der Waals surface area contributed by atoms with Crippen LogP contribution in [0.5, 0.6) is 17.4 Å². The van der Waals surface area contributed by atoms with Crippen molar-refractivity contribution in [3.05, 3.63) is 55.2 Å². The lowest BCUT2D eigenvalue weighted by molar-refractivity contribution is -0.137. The third kappa shape index (κ3) is 8.27. The van der Waals surface area contributed by atoms with Gasteiger partial charge < -0.3 is 14.2 Å².